The quantitative estimate of drug-likeness (QED) is 0.506. The van der Waals surface area contributed by atoms with Crippen LogP contribution in [-0.2, 0) is 0 Å². The molecule has 0 N–H and O–H groups in total. The Morgan fingerprint density at radius 1 is 0.688 bits per heavy atom. The molecular weight excluding hydrogens is 229 g/mol. The first-order valence-electron chi connectivity index (χ1n) is 4.14. The predicted octanol–water partition coefficient (Wildman–Crippen LogP) is 0.941. The van der Waals surface area contributed by atoms with Crippen LogP contribution in [0, 0.1) is 0 Å². The summed E-state index contributed by atoms with van der Waals surface area (Å²) in [5.41, 5.74) is 0. The molecule has 0 atom stereocenters. The molecule has 0 bridgehead atoms. The first-order valence-corrected chi connectivity index (χ1v) is 4.14. The fraction of sp³-hybridized carbons (Fsp3) is 1.00. The molecule has 0 saturated heterocycles. The number of hydrogen-bond acceptors (Lipinski definition) is 0. The maximum absolute atomic E-state index is 9.67. The molecule has 10 heteroatoms. The Balaban J connectivity index is -0.0000000700. The van der Waals surface area contributed by atoms with E-state index in [0.29, 0.717) is 12.1 Å². The number of nitrogens with zero attached hydrogens (tertiary/aromatic N) is 1. The molecule has 0 heterocycles. The summed E-state index contributed by atoms with van der Waals surface area (Å²) in [5, 5.41) is 4.28. The van der Waals surface area contributed by atoms with Gasteiger partial charge in [-0.25, -0.2) is 0 Å². The minimum Gasteiger partial charge on any atom is -0.658 e. The molecule has 16 heavy (non-hydrogen) atoms. The smallest absolute Gasteiger partial charge is 0.658 e. The summed E-state index contributed by atoms with van der Waals surface area (Å²) in [6.45, 7) is 8.39. The Hall–Kier alpha value is 0.267. The summed E-state index contributed by atoms with van der Waals surface area (Å²) in [5.74, 6) is 0. The van der Waals surface area contributed by atoms with Gasteiger partial charge in [-0.15, -0.1) is 12.1 Å². The molecule has 0 aliphatic carbocycles. The van der Waals surface area contributed by atoms with E-state index in [0.717, 1.165) is 0 Å². The van der Waals surface area contributed by atoms with Crippen molar-refractivity contribution in [2.24, 2.45) is 0 Å². The molecule has 0 saturated carbocycles. The average Bonchev–Trinajstić information content (AvgIpc) is 1.78. The summed E-state index contributed by atoms with van der Waals surface area (Å²) < 4.78 is 58.0. The van der Waals surface area contributed by atoms with Crippen LogP contribution >= 0.6 is 0 Å². The molecule has 0 spiro atoms. The fourth-order valence-corrected chi connectivity index (χ4v) is 0.596. The maximum Gasteiger partial charge on any atom is 1.00 e. The second-order valence-electron chi connectivity index (χ2n) is 2.83. The Kier molecular flexibility index (Phi) is 27.8. The van der Waals surface area contributed by atoms with Crippen molar-refractivity contribution in [2.75, 3.05) is 0 Å². The van der Waals surface area contributed by atoms with Gasteiger partial charge in [0.2, 0.25) is 0 Å². The Morgan fingerprint density at radius 3 is 0.812 bits per heavy atom. The van der Waals surface area contributed by atoms with E-state index in [9.17, 15) is 25.9 Å². The number of halogens is 6. The van der Waals surface area contributed by atoms with Crippen molar-refractivity contribution in [3.8, 4) is 0 Å². The van der Waals surface area contributed by atoms with Crippen molar-refractivity contribution in [3.63, 3.8) is 0 Å². The second kappa shape index (κ2) is 17.7. The van der Waals surface area contributed by atoms with Crippen molar-refractivity contribution in [1.29, 1.82) is 0 Å². The predicted molar refractivity (Wildman–Crippen MR) is 51.8 cm³/mol. The van der Waals surface area contributed by atoms with Gasteiger partial charge < -0.3 is 5.32 Å². The molecule has 0 aromatic heterocycles. The van der Waals surface area contributed by atoms with E-state index in [-0.39, 0.29) is 18.9 Å². The monoisotopic (exact) mass is 243 g/mol. The van der Waals surface area contributed by atoms with Gasteiger partial charge in [0.25, 0.3) is 0 Å². The van der Waals surface area contributed by atoms with Crippen molar-refractivity contribution in [2.45, 2.75) is 39.8 Å². The van der Waals surface area contributed by atoms with Crippen molar-refractivity contribution in [3.05, 3.63) is 5.32 Å². The van der Waals surface area contributed by atoms with Gasteiger partial charge >= 0.3 is 33.9 Å². The molecule has 0 aromatic rings. The van der Waals surface area contributed by atoms with E-state index < -0.39 is 15.1 Å². The van der Waals surface area contributed by atoms with Gasteiger partial charge in [-0.2, -0.15) is 0 Å². The van der Waals surface area contributed by atoms with Gasteiger partial charge in [0.1, 0.15) is 0 Å². The van der Waals surface area contributed by atoms with Gasteiger partial charge in [0.05, 0.1) is 0 Å². The number of hydrogen-bond donors (Lipinski definition) is 0. The van der Waals surface area contributed by atoms with Crippen LogP contribution in [0.15, 0.2) is 0 Å². The van der Waals surface area contributed by atoms with Crippen LogP contribution in [0.5, 0.6) is 0 Å². The molecule has 0 aliphatic heterocycles. The van der Waals surface area contributed by atoms with E-state index >= 15 is 0 Å². The third kappa shape index (κ3) is 138. The fourth-order valence-electron chi connectivity index (χ4n) is 0.596. The van der Waals surface area contributed by atoms with Crippen molar-refractivity contribution >= 4 is 15.1 Å². The van der Waals surface area contributed by atoms with Gasteiger partial charge in [0, 0.05) is 0 Å². The Morgan fingerprint density at radius 2 is 0.812 bits per heavy atom. The van der Waals surface area contributed by atoms with Crippen LogP contribution < -0.4 is 18.9 Å². The van der Waals surface area contributed by atoms with Crippen molar-refractivity contribution < 1.29 is 44.8 Å². The third-order valence-corrected chi connectivity index (χ3v) is 0.596. The van der Waals surface area contributed by atoms with Gasteiger partial charge in [-0.1, -0.05) is 27.7 Å². The molecular formula is C6H14B2F6LiN. The molecule has 0 aliphatic rings. The van der Waals surface area contributed by atoms with Crippen molar-refractivity contribution in [1.82, 2.24) is 0 Å². The second-order valence-corrected chi connectivity index (χ2v) is 2.83. The summed E-state index contributed by atoms with van der Waals surface area (Å²) in [4.78, 5) is 0. The van der Waals surface area contributed by atoms with E-state index in [4.69, 9.17) is 0 Å². The molecule has 1 nitrogen and oxygen atoms in total. The molecule has 0 aromatic carbocycles. The standard InChI is InChI=1S/C6H14N.2BF3.Li/c1-5(2)7-6(3)4;2*2-1(3)4;/h5-6H,1-4H3;;;/q-1;;;+1. The maximum atomic E-state index is 9.67. The van der Waals surface area contributed by atoms with Crippen LogP contribution in [0.2, 0.25) is 0 Å². The first-order chi connectivity index (χ1) is 6.59. The zero-order valence-electron chi connectivity index (χ0n) is 10.0. The summed E-state index contributed by atoms with van der Waals surface area (Å²) in [7, 11) is -7.33. The van der Waals surface area contributed by atoms with Gasteiger partial charge in [-0.3, -0.25) is 25.9 Å². The van der Waals surface area contributed by atoms with Crippen LogP contribution in [0.4, 0.5) is 25.9 Å². The number of rotatable bonds is 2. The zero-order chi connectivity index (χ0) is 13.0. The molecule has 0 radical (unpaired) electrons. The van der Waals surface area contributed by atoms with Crippen LogP contribution in [-0.4, -0.2) is 27.2 Å². The summed E-state index contributed by atoms with van der Waals surface area (Å²) >= 11 is 0. The SMILES string of the molecule is CC(C)[N-]C(C)C.FB(F)F.FB(F)F.[Li+]. The van der Waals surface area contributed by atoms with E-state index in [1.165, 1.54) is 0 Å². The molecule has 0 fully saturated rings. The molecule has 0 rings (SSSR count). The van der Waals surface area contributed by atoms with Crippen LogP contribution in [0.3, 0.4) is 0 Å². The van der Waals surface area contributed by atoms with Gasteiger partial charge in [0.15, 0.2) is 0 Å². The average molecular weight is 243 g/mol. The topological polar surface area (TPSA) is 14.1 Å². The summed E-state index contributed by atoms with van der Waals surface area (Å²) in [6, 6.07) is 1.000. The summed E-state index contributed by atoms with van der Waals surface area (Å²) in [6.07, 6.45) is 0. The first kappa shape index (κ1) is 25.2. The molecule has 92 valence electrons. The minimum absolute atomic E-state index is 0. The van der Waals surface area contributed by atoms with E-state index in [2.05, 4.69) is 33.0 Å². The van der Waals surface area contributed by atoms with E-state index in [1.54, 1.807) is 0 Å². The molecule has 0 amide bonds. The normalized spacial score (nSPS) is 8.25. The minimum atomic E-state index is -3.67. The van der Waals surface area contributed by atoms with Crippen LogP contribution in [0.1, 0.15) is 27.7 Å². The molecule has 0 unspecified atom stereocenters. The largest absolute Gasteiger partial charge is 1.00 e. The Labute approximate surface area is 105 Å². The zero-order valence-corrected chi connectivity index (χ0v) is 10.0. The third-order valence-electron chi connectivity index (χ3n) is 0.596. The van der Waals surface area contributed by atoms with E-state index in [1.807, 2.05) is 0 Å². The Bertz CT molecular complexity index is 102. The van der Waals surface area contributed by atoms with Crippen LogP contribution in [0.25, 0.3) is 5.32 Å². The van der Waals surface area contributed by atoms with Gasteiger partial charge in [-0.05, 0) is 0 Å².